The van der Waals surface area contributed by atoms with Crippen LogP contribution in [-0.2, 0) is 5.54 Å². The van der Waals surface area contributed by atoms with Crippen LogP contribution in [0, 0.1) is 0 Å². The molecule has 0 amide bonds. The summed E-state index contributed by atoms with van der Waals surface area (Å²) in [5.74, 6) is 1.23. The number of hydrogen-bond acceptors (Lipinski definition) is 4. The van der Waals surface area contributed by atoms with Gasteiger partial charge >= 0.3 is 0 Å². The molecule has 3 aromatic rings. The van der Waals surface area contributed by atoms with Crippen molar-refractivity contribution in [3.05, 3.63) is 60.2 Å². The lowest BCUT2D eigenvalue weighted by Crippen LogP contribution is -2.36. The van der Waals surface area contributed by atoms with Crippen LogP contribution >= 0.6 is 0 Å². The third kappa shape index (κ3) is 1.56. The molecule has 18 heavy (non-hydrogen) atoms. The Labute approximate surface area is 104 Å². The van der Waals surface area contributed by atoms with E-state index in [9.17, 15) is 0 Å². The monoisotopic (exact) mass is 239 g/mol. The van der Waals surface area contributed by atoms with Crippen molar-refractivity contribution in [3.8, 4) is 0 Å². The molecule has 90 valence electrons. The molecule has 0 aliphatic carbocycles. The van der Waals surface area contributed by atoms with E-state index < -0.39 is 5.54 Å². The molecule has 0 saturated heterocycles. The fraction of sp³-hybridized carbons (Fsp3) is 0.154. The molecule has 2 heterocycles. The summed E-state index contributed by atoms with van der Waals surface area (Å²) >= 11 is 0. The van der Waals surface area contributed by atoms with Crippen LogP contribution in [0.2, 0.25) is 0 Å². The lowest BCUT2D eigenvalue weighted by molar-refractivity contribution is 0.550. The van der Waals surface area contributed by atoms with Crippen molar-refractivity contribution < 1.29 is 0 Å². The fourth-order valence-corrected chi connectivity index (χ4v) is 2.01. The second-order valence-corrected chi connectivity index (χ2v) is 4.38. The van der Waals surface area contributed by atoms with E-state index in [1.54, 1.807) is 6.20 Å². The molecule has 0 radical (unpaired) electrons. The quantitative estimate of drug-likeness (QED) is 0.732. The first-order valence-electron chi connectivity index (χ1n) is 5.70. The van der Waals surface area contributed by atoms with E-state index in [1.807, 2.05) is 53.9 Å². The molecule has 0 bridgehead atoms. The summed E-state index contributed by atoms with van der Waals surface area (Å²) in [4.78, 5) is 4.14. The van der Waals surface area contributed by atoms with Gasteiger partial charge in [-0.2, -0.15) is 0 Å². The number of rotatable bonds is 2. The van der Waals surface area contributed by atoms with Gasteiger partial charge in [0.05, 0.1) is 5.54 Å². The van der Waals surface area contributed by atoms with Gasteiger partial charge in [0.1, 0.15) is 0 Å². The summed E-state index contributed by atoms with van der Waals surface area (Å²) in [6.45, 7) is 1.92. The summed E-state index contributed by atoms with van der Waals surface area (Å²) in [5.41, 5.74) is 6.70. The fourth-order valence-electron chi connectivity index (χ4n) is 2.01. The molecular weight excluding hydrogens is 226 g/mol. The van der Waals surface area contributed by atoms with E-state index in [0.29, 0.717) is 11.6 Å². The lowest BCUT2D eigenvalue weighted by atomic mass is 9.92. The van der Waals surface area contributed by atoms with Crippen LogP contribution in [0.4, 0.5) is 0 Å². The zero-order valence-corrected chi connectivity index (χ0v) is 9.99. The highest BCUT2D eigenvalue weighted by Gasteiger charge is 2.29. The topological polar surface area (TPSA) is 69.1 Å². The molecule has 1 aromatic carbocycles. The average molecular weight is 239 g/mol. The first-order chi connectivity index (χ1) is 8.69. The van der Waals surface area contributed by atoms with Crippen LogP contribution in [0.25, 0.3) is 5.78 Å². The Kier molecular flexibility index (Phi) is 2.34. The first kappa shape index (κ1) is 10.9. The molecule has 1 unspecified atom stereocenters. The third-order valence-electron chi connectivity index (χ3n) is 3.03. The number of fused-ring (bicyclic) bond motifs is 1. The summed E-state index contributed by atoms with van der Waals surface area (Å²) < 4.78 is 1.81. The third-order valence-corrected chi connectivity index (χ3v) is 3.03. The number of hydrogen-bond donors (Lipinski definition) is 1. The van der Waals surface area contributed by atoms with Crippen LogP contribution in [0.1, 0.15) is 18.3 Å². The Balaban J connectivity index is 2.20. The number of benzene rings is 1. The maximum atomic E-state index is 6.42. The van der Waals surface area contributed by atoms with E-state index in [0.717, 1.165) is 5.56 Å². The highest BCUT2D eigenvalue weighted by Crippen LogP contribution is 2.24. The SMILES string of the molecule is CC(N)(c1ccccc1)c1nnc2ncccn12. The minimum absolute atomic E-state index is 0.556. The van der Waals surface area contributed by atoms with Crippen LogP contribution in [0.15, 0.2) is 48.8 Å². The van der Waals surface area contributed by atoms with Crippen molar-refractivity contribution in [2.24, 2.45) is 5.73 Å². The molecule has 0 aliphatic rings. The standard InChI is InChI=1S/C13H13N5/c1-13(14,10-6-3-2-4-7-10)11-16-17-12-15-8-5-9-18(11)12/h2-9H,14H2,1H3. The van der Waals surface area contributed by atoms with Crippen molar-refractivity contribution >= 4 is 5.78 Å². The largest absolute Gasteiger partial charge is 0.315 e. The van der Waals surface area contributed by atoms with Crippen LogP contribution in [0.5, 0.6) is 0 Å². The molecule has 5 nitrogen and oxygen atoms in total. The Bertz CT molecular complexity index is 672. The first-order valence-corrected chi connectivity index (χ1v) is 5.70. The normalized spacial score (nSPS) is 14.6. The van der Waals surface area contributed by atoms with Crippen LogP contribution < -0.4 is 5.73 Å². The highest BCUT2D eigenvalue weighted by atomic mass is 15.3. The highest BCUT2D eigenvalue weighted by molar-refractivity contribution is 5.35. The van der Waals surface area contributed by atoms with Crippen LogP contribution in [0.3, 0.4) is 0 Å². The van der Waals surface area contributed by atoms with Gasteiger partial charge in [-0.25, -0.2) is 4.98 Å². The number of aromatic nitrogens is 4. The van der Waals surface area contributed by atoms with Crippen LogP contribution in [-0.4, -0.2) is 19.6 Å². The Morgan fingerprint density at radius 3 is 2.67 bits per heavy atom. The second kappa shape index (κ2) is 3.89. The molecule has 2 N–H and O–H groups in total. The van der Waals surface area contributed by atoms with Gasteiger partial charge in [0.15, 0.2) is 5.82 Å². The maximum absolute atomic E-state index is 6.42. The van der Waals surface area contributed by atoms with Crippen molar-refractivity contribution in [2.75, 3.05) is 0 Å². The molecule has 0 aliphatic heterocycles. The summed E-state index contributed by atoms with van der Waals surface area (Å²) in [6.07, 6.45) is 3.55. The van der Waals surface area contributed by atoms with E-state index in [1.165, 1.54) is 0 Å². The Hall–Kier alpha value is -2.27. The van der Waals surface area contributed by atoms with Gasteiger partial charge in [-0.3, -0.25) is 4.40 Å². The predicted molar refractivity (Wildman–Crippen MR) is 67.9 cm³/mol. The van der Waals surface area contributed by atoms with Gasteiger partial charge < -0.3 is 5.73 Å². The van der Waals surface area contributed by atoms with Crippen molar-refractivity contribution in [1.82, 2.24) is 19.6 Å². The molecule has 3 rings (SSSR count). The van der Waals surface area contributed by atoms with Gasteiger partial charge in [-0.05, 0) is 18.6 Å². The van der Waals surface area contributed by atoms with Gasteiger partial charge in [0.25, 0.3) is 5.78 Å². The summed E-state index contributed by atoms with van der Waals surface area (Å²) in [7, 11) is 0. The molecule has 2 aromatic heterocycles. The zero-order chi connectivity index (χ0) is 12.6. The molecule has 1 atom stereocenters. The molecular formula is C13H13N5. The molecule has 0 spiro atoms. The second-order valence-electron chi connectivity index (χ2n) is 4.38. The summed E-state index contributed by atoms with van der Waals surface area (Å²) in [6, 6.07) is 11.7. The van der Waals surface area contributed by atoms with Crippen molar-refractivity contribution in [2.45, 2.75) is 12.5 Å². The van der Waals surface area contributed by atoms with Gasteiger partial charge in [0.2, 0.25) is 0 Å². The van der Waals surface area contributed by atoms with Crippen molar-refractivity contribution in [3.63, 3.8) is 0 Å². The Morgan fingerprint density at radius 1 is 1.11 bits per heavy atom. The maximum Gasteiger partial charge on any atom is 0.255 e. The molecule has 0 saturated carbocycles. The number of nitrogens with zero attached hydrogens (tertiary/aromatic N) is 4. The van der Waals surface area contributed by atoms with Gasteiger partial charge in [-0.15, -0.1) is 10.2 Å². The smallest absolute Gasteiger partial charge is 0.255 e. The van der Waals surface area contributed by atoms with Gasteiger partial charge in [-0.1, -0.05) is 30.3 Å². The lowest BCUT2D eigenvalue weighted by Gasteiger charge is -2.23. The molecule has 0 fully saturated rings. The average Bonchev–Trinajstić information content (AvgIpc) is 2.84. The summed E-state index contributed by atoms with van der Waals surface area (Å²) in [5, 5.41) is 8.20. The van der Waals surface area contributed by atoms with E-state index in [2.05, 4.69) is 15.2 Å². The minimum Gasteiger partial charge on any atom is -0.315 e. The number of nitrogens with two attached hydrogens (primary N) is 1. The van der Waals surface area contributed by atoms with Crippen molar-refractivity contribution in [1.29, 1.82) is 0 Å². The van der Waals surface area contributed by atoms with E-state index in [4.69, 9.17) is 5.73 Å². The predicted octanol–water partition coefficient (Wildman–Crippen LogP) is 1.35. The Morgan fingerprint density at radius 2 is 1.89 bits per heavy atom. The van der Waals surface area contributed by atoms with E-state index >= 15 is 0 Å². The van der Waals surface area contributed by atoms with E-state index in [-0.39, 0.29) is 0 Å². The zero-order valence-electron chi connectivity index (χ0n) is 9.99. The molecule has 5 heteroatoms. The minimum atomic E-state index is -0.705. The van der Waals surface area contributed by atoms with Gasteiger partial charge in [0, 0.05) is 12.4 Å².